The average molecular weight is 491 g/mol. The van der Waals surface area contributed by atoms with Crippen LogP contribution in [-0.2, 0) is 25.6 Å². The summed E-state index contributed by atoms with van der Waals surface area (Å²) >= 11 is 1.20. The summed E-state index contributed by atoms with van der Waals surface area (Å²) in [5, 5.41) is 7.23. The maximum absolute atomic E-state index is 12.8. The van der Waals surface area contributed by atoms with Crippen LogP contribution in [0, 0.1) is 11.8 Å². The number of benzene rings is 1. The second-order valence-corrected chi connectivity index (χ2v) is 10.2. The lowest BCUT2D eigenvalue weighted by Gasteiger charge is -2.25. The maximum Gasteiger partial charge on any atom is 0.331 e. The van der Waals surface area contributed by atoms with Crippen LogP contribution in [0.2, 0.25) is 0 Å². The van der Waals surface area contributed by atoms with Crippen molar-refractivity contribution in [2.45, 2.75) is 64.8 Å². The minimum absolute atomic E-state index is 0.0540. The van der Waals surface area contributed by atoms with E-state index in [1.54, 1.807) is 20.1 Å². The molecule has 34 heavy (non-hydrogen) atoms. The van der Waals surface area contributed by atoms with E-state index in [9.17, 15) is 24.0 Å². The average Bonchev–Trinajstić information content (AvgIpc) is 3.05. The van der Waals surface area contributed by atoms with E-state index in [2.05, 4.69) is 29.8 Å². The zero-order valence-corrected chi connectivity index (χ0v) is 21.3. The highest BCUT2D eigenvalue weighted by Crippen LogP contribution is 2.23. The molecule has 3 N–H and O–H groups in total. The lowest BCUT2D eigenvalue weighted by Crippen LogP contribution is -2.57. The summed E-state index contributed by atoms with van der Waals surface area (Å²) in [7, 11) is 0. The summed E-state index contributed by atoms with van der Waals surface area (Å²) in [6.07, 6.45) is 2.57. The molecule has 9 nitrogen and oxygen atoms in total. The van der Waals surface area contributed by atoms with Crippen molar-refractivity contribution in [1.29, 1.82) is 0 Å². The number of thioether (sulfide) groups is 1. The molecule has 6 amide bonds. The van der Waals surface area contributed by atoms with Gasteiger partial charge in [0.25, 0.3) is 5.91 Å². The fourth-order valence-electron chi connectivity index (χ4n) is 3.55. The molecule has 0 spiro atoms. The van der Waals surface area contributed by atoms with Gasteiger partial charge in [-0.15, -0.1) is 0 Å². The van der Waals surface area contributed by atoms with Crippen molar-refractivity contribution in [3.8, 4) is 0 Å². The summed E-state index contributed by atoms with van der Waals surface area (Å²) in [6, 6.07) is 4.68. The summed E-state index contributed by atoms with van der Waals surface area (Å²) < 4.78 is 0. The van der Waals surface area contributed by atoms with E-state index < -0.39 is 47.0 Å². The monoisotopic (exact) mass is 490 g/mol. The van der Waals surface area contributed by atoms with Crippen molar-refractivity contribution in [3.63, 3.8) is 0 Å². The molecular formula is C24H34N4O5S. The van der Waals surface area contributed by atoms with E-state index in [-0.39, 0.29) is 12.3 Å². The number of carbonyl (C=O) groups is 5. The smallest absolute Gasteiger partial charge is 0.331 e. The Balaban J connectivity index is 1.97. The highest BCUT2D eigenvalue weighted by Gasteiger charge is 2.43. The number of likely N-dealkylation sites (tertiary alicyclic amines) is 1. The number of nitrogens with one attached hydrogen (secondary N) is 3. The maximum atomic E-state index is 12.8. The number of nitrogens with zero attached hydrogens (tertiary/aromatic N) is 1. The first-order valence-corrected chi connectivity index (χ1v) is 12.6. The van der Waals surface area contributed by atoms with E-state index in [1.165, 1.54) is 24.2 Å². The first-order valence-electron chi connectivity index (χ1n) is 11.3. The molecule has 10 heteroatoms. The van der Waals surface area contributed by atoms with Crippen LogP contribution in [0.3, 0.4) is 0 Å². The normalized spacial score (nSPS) is 17.6. The Bertz CT molecular complexity index is 932. The van der Waals surface area contributed by atoms with Crippen molar-refractivity contribution in [3.05, 3.63) is 29.8 Å². The van der Waals surface area contributed by atoms with Crippen LogP contribution < -0.4 is 16.0 Å². The summed E-state index contributed by atoms with van der Waals surface area (Å²) in [5.74, 6) is -2.01. The molecule has 1 aromatic rings. The second-order valence-electron chi connectivity index (χ2n) is 9.18. The van der Waals surface area contributed by atoms with Gasteiger partial charge in [-0.25, -0.2) is 4.79 Å². The minimum atomic E-state index is -1.04. The molecule has 1 fully saturated rings. The zero-order valence-electron chi connectivity index (χ0n) is 20.5. The Morgan fingerprint density at radius 2 is 1.62 bits per heavy atom. The van der Waals surface area contributed by atoms with Crippen molar-refractivity contribution in [2.75, 3.05) is 11.6 Å². The first kappa shape index (κ1) is 27.4. The Kier molecular flexibility index (Phi) is 9.66. The number of anilines is 1. The topological polar surface area (TPSA) is 125 Å². The van der Waals surface area contributed by atoms with E-state index in [1.807, 2.05) is 24.3 Å². The van der Waals surface area contributed by atoms with Gasteiger partial charge in [0.05, 0.1) is 5.25 Å². The lowest BCUT2D eigenvalue weighted by molar-refractivity contribution is -0.135. The third-order valence-corrected chi connectivity index (χ3v) is 6.38. The molecular weight excluding hydrogens is 456 g/mol. The molecule has 0 bridgehead atoms. The van der Waals surface area contributed by atoms with Gasteiger partial charge in [-0.1, -0.05) is 39.8 Å². The number of hydrogen-bond donors (Lipinski definition) is 3. The third kappa shape index (κ3) is 7.06. The molecule has 2 unspecified atom stereocenters. The summed E-state index contributed by atoms with van der Waals surface area (Å²) in [6.45, 7) is 9.23. The molecule has 0 aliphatic carbocycles. The quantitative estimate of drug-likeness (QED) is 0.457. The van der Waals surface area contributed by atoms with Crippen LogP contribution >= 0.6 is 11.8 Å². The SMILES string of the molecule is CSC1CC(=O)N(C(=O)NC(C(=O)N[C@@H](C)C(=O)Nc2ccc(CC(C)C)cc2)C(C)C)C1=O. The van der Waals surface area contributed by atoms with Gasteiger partial charge in [-0.2, -0.15) is 16.7 Å². The van der Waals surface area contributed by atoms with Gasteiger partial charge in [0.15, 0.2) is 0 Å². The predicted molar refractivity (Wildman–Crippen MR) is 132 cm³/mol. The van der Waals surface area contributed by atoms with Gasteiger partial charge in [-0.3, -0.25) is 19.2 Å². The van der Waals surface area contributed by atoms with Crippen LogP contribution in [0.25, 0.3) is 0 Å². The molecule has 1 heterocycles. The Morgan fingerprint density at radius 1 is 1.00 bits per heavy atom. The highest BCUT2D eigenvalue weighted by atomic mass is 32.2. The van der Waals surface area contributed by atoms with Gasteiger partial charge < -0.3 is 16.0 Å². The first-order chi connectivity index (χ1) is 15.9. The van der Waals surface area contributed by atoms with Crippen molar-refractivity contribution < 1.29 is 24.0 Å². The molecule has 1 saturated heterocycles. The van der Waals surface area contributed by atoms with Crippen molar-refractivity contribution in [1.82, 2.24) is 15.5 Å². The van der Waals surface area contributed by atoms with E-state index >= 15 is 0 Å². The molecule has 0 aromatic heterocycles. The molecule has 1 aliphatic heterocycles. The number of amides is 6. The molecule has 0 radical (unpaired) electrons. The number of rotatable bonds is 9. The lowest BCUT2D eigenvalue weighted by atomic mass is 10.0. The van der Waals surface area contributed by atoms with E-state index in [0.717, 1.165) is 6.42 Å². The Hall–Kier alpha value is -2.88. The van der Waals surface area contributed by atoms with Gasteiger partial charge in [0.1, 0.15) is 12.1 Å². The number of hydrogen-bond acceptors (Lipinski definition) is 6. The van der Waals surface area contributed by atoms with Crippen LogP contribution in [0.1, 0.15) is 46.6 Å². The van der Waals surface area contributed by atoms with Crippen LogP contribution in [0.4, 0.5) is 10.5 Å². The molecule has 1 aliphatic rings. The van der Waals surface area contributed by atoms with Crippen molar-refractivity contribution in [2.24, 2.45) is 11.8 Å². The fourth-order valence-corrected chi connectivity index (χ4v) is 4.17. The minimum Gasteiger partial charge on any atom is -0.343 e. The second kappa shape index (κ2) is 12.0. The Morgan fingerprint density at radius 3 is 2.12 bits per heavy atom. The van der Waals surface area contributed by atoms with E-state index in [0.29, 0.717) is 16.5 Å². The standard InChI is InChI=1S/C24H34N4O5S/c1-13(2)11-16-7-9-17(10-8-16)26-21(30)15(5)25-22(31)20(14(3)4)27-24(33)28-19(29)12-18(34-6)23(28)32/h7-10,13-15,18,20H,11-12H2,1-6H3,(H,25,31)(H,26,30)(H,27,33)/t15-,18?,20?/m0/s1. The third-order valence-electron chi connectivity index (χ3n) is 5.44. The molecule has 3 atom stereocenters. The number of imide groups is 3. The number of carbonyl (C=O) groups excluding carboxylic acids is 5. The van der Waals surface area contributed by atoms with Gasteiger partial charge >= 0.3 is 6.03 Å². The molecule has 186 valence electrons. The zero-order chi connectivity index (χ0) is 25.6. The van der Waals surface area contributed by atoms with Crippen LogP contribution in [0.5, 0.6) is 0 Å². The number of urea groups is 1. The largest absolute Gasteiger partial charge is 0.343 e. The van der Waals surface area contributed by atoms with Gasteiger partial charge in [-0.05, 0) is 49.1 Å². The summed E-state index contributed by atoms with van der Waals surface area (Å²) in [5.41, 5.74) is 1.78. The van der Waals surface area contributed by atoms with Crippen LogP contribution in [0.15, 0.2) is 24.3 Å². The highest BCUT2D eigenvalue weighted by molar-refractivity contribution is 8.00. The molecule has 0 saturated carbocycles. The van der Waals surface area contributed by atoms with Gasteiger partial charge in [0, 0.05) is 12.1 Å². The van der Waals surface area contributed by atoms with Crippen molar-refractivity contribution >= 4 is 47.1 Å². The predicted octanol–water partition coefficient (Wildman–Crippen LogP) is 2.55. The van der Waals surface area contributed by atoms with Gasteiger partial charge in [0.2, 0.25) is 17.7 Å². The molecule has 2 rings (SSSR count). The van der Waals surface area contributed by atoms with E-state index in [4.69, 9.17) is 0 Å². The fraction of sp³-hybridized carbons (Fsp3) is 0.542. The van der Waals surface area contributed by atoms with Crippen LogP contribution in [-0.4, -0.2) is 58.1 Å². The summed E-state index contributed by atoms with van der Waals surface area (Å²) in [4.78, 5) is 63.0. The Labute approximate surface area is 204 Å². The molecule has 1 aromatic carbocycles.